The first-order valence-corrected chi connectivity index (χ1v) is 10.7. The van der Waals surface area contributed by atoms with Crippen LogP contribution in [0.5, 0.6) is 5.75 Å². The number of aliphatic hydroxyl groups is 3. The van der Waals surface area contributed by atoms with Crippen LogP contribution in [0, 0.1) is 0 Å². The number of fused-ring (bicyclic) bond motifs is 2. The number of carboxylic acids is 1. The van der Waals surface area contributed by atoms with Crippen LogP contribution in [0.2, 0.25) is 0 Å². The fourth-order valence-corrected chi connectivity index (χ4v) is 4.39. The number of rotatable bonds is 5. The molecule has 4 N–H and O–H groups in total. The van der Waals surface area contributed by atoms with Crippen molar-refractivity contribution in [3.63, 3.8) is 0 Å². The van der Waals surface area contributed by atoms with Crippen molar-refractivity contribution in [3.05, 3.63) is 71.3 Å². The van der Waals surface area contributed by atoms with Gasteiger partial charge in [0.05, 0.1) is 24.7 Å². The Balaban J connectivity index is 1.69. The van der Waals surface area contributed by atoms with E-state index in [0.29, 0.717) is 12.4 Å². The molecule has 0 aromatic heterocycles. The largest absolute Gasteiger partial charge is 0.488 e. The van der Waals surface area contributed by atoms with Crippen molar-refractivity contribution in [3.8, 4) is 5.75 Å². The lowest BCUT2D eigenvalue weighted by atomic mass is 9.93. The molecule has 2 aromatic carbocycles. The molecule has 176 valence electrons. The van der Waals surface area contributed by atoms with Crippen LogP contribution in [0.4, 0.5) is 0 Å². The second kappa shape index (κ2) is 9.24. The fourth-order valence-electron chi connectivity index (χ4n) is 4.39. The molecule has 2 aliphatic heterocycles. The zero-order valence-corrected chi connectivity index (χ0v) is 18.2. The molecule has 0 radical (unpaired) electrons. The summed E-state index contributed by atoms with van der Waals surface area (Å²) >= 11 is 0. The zero-order chi connectivity index (χ0) is 26.3. The van der Waals surface area contributed by atoms with Gasteiger partial charge in [0.1, 0.15) is 24.6 Å². The summed E-state index contributed by atoms with van der Waals surface area (Å²) < 4.78 is 35.0. The number of carbonyl (C=O) groups is 1. The molecule has 2 aliphatic rings. The number of hydrogen-bond acceptors (Lipinski definition) is 6. The smallest absolute Gasteiger partial charge is 0.335 e. The molecule has 8 nitrogen and oxygen atoms in total. The molecule has 0 amide bonds. The summed E-state index contributed by atoms with van der Waals surface area (Å²) in [6, 6.07) is 15.3. The van der Waals surface area contributed by atoms with Crippen LogP contribution in [0.15, 0.2) is 54.6 Å². The average Bonchev–Trinajstić information content (AvgIpc) is 2.99. The van der Waals surface area contributed by atoms with Gasteiger partial charge in [0, 0.05) is 12.0 Å². The maximum absolute atomic E-state index is 11.6. The number of aliphatic carboxylic acids is 1. The molecule has 1 fully saturated rings. The monoisotopic (exact) mass is 459 g/mol. The number of carboxylic acid groups (broad SMARTS) is 1. The highest BCUT2D eigenvalue weighted by molar-refractivity contribution is 5.84. The van der Waals surface area contributed by atoms with Crippen molar-refractivity contribution < 1.29 is 43.3 Å². The third kappa shape index (κ3) is 4.53. The lowest BCUT2D eigenvalue weighted by molar-refractivity contribution is -0.944. The first kappa shape index (κ1) is 19.7. The van der Waals surface area contributed by atoms with Crippen LogP contribution >= 0.6 is 0 Å². The zero-order valence-electron chi connectivity index (χ0n) is 21.2. The highest BCUT2D eigenvalue weighted by Gasteiger charge is 2.52. The van der Waals surface area contributed by atoms with Gasteiger partial charge in [0.15, 0.2) is 12.2 Å². The van der Waals surface area contributed by atoms with E-state index in [1.807, 2.05) is 54.6 Å². The minimum Gasteiger partial charge on any atom is -0.488 e. The highest BCUT2D eigenvalue weighted by Crippen LogP contribution is 2.37. The summed E-state index contributed by atoms with van der Waals surface area (Å²) in [5, 5.41) is 40.4. The van der Waals surface area contributed by atoms with Gasteiger partial charge in [-0.25, -0.2) is 4.79 Å². The quantitative estimate of drug-likeness (QED) is 0.499. The number of benzene rings is 2. The Bertz CT molecular complexity index is 1100. The van der Waals surface area contributed by atoms with Crippen molar-refractivity contribution in [1.82, 2.24) is 0 Å². The molecule has 33 heavy (non-hydrogen) atoms. The maximum Gasteiger partial charge on any atom is 0.335 e. The fraction of sp³-hybridized carbons (Fsp3) is 0.400. The van der Waals surface area contributed by atoms with Crippen molar-refractivity contribution in [2.45, 2.75) is 43.7 Å². The molecule has 0 saturated carbocycles. The molecule has 2 heterocycles. The molecule has 1 saturated heterocycles. The molecule has 0 aliphatic carbocycles. The van der Waals surface area contributed by atoms with E-state index in [2.05, 4.69) is 0 Å². The van der Waals surface area contributed by atoms with Gasteiger partial charge in [-0.05, 0) is 22.8 Å². The summed E-state index contributed by atoms with van der Waals surface area (Å²) in [7, 11) is 1.32. The first-order chi connectivity index (χ1) is 17.0. The van der Waals surface area contributed by atoms with Gasteiger partial charge in [0.25, 0.3) is 0 Å². The number of ether oxygens (including phenoxy) is 2. The van der Waals surface area contributed by atoms with Gasteiger partial charge in [0.2, 0.25) is 6.23 Å². The Morgan fingerprint density at radius 2 is 1.79 bits per heavy atom. The average molecular weight is 460 g/mol. The molecular weight excluding hydrogens is 426 g/mol. The third-order valence-electron chi connectivity index (χ3n) is 6.20. The Hall–Kier alpha value is -2.75. The number of aliphatic hydroxyl groups excluding tert-OH is 3. The molecule has 6 atom stereocenters. The van der Waals surface area contributed by atoms with Gasteiger partial charge in [-0.3, -0.25) is 0 Å². The van der Waals surface area contributed by atoms with Gasteiger partial charge < -0.3 is 34.4 Å². The summed E-state index contributed by atoms with van der Waals surface area (Å²) in [4.78, 5) is 11.6. The van der Waals surface area contributed by atoms with Crippen molar-refractivity contribution in [2.75, 3.05) is 20.6 Å². The van der Waals surface area contributed by atoms with Gasteiger partial charge >= 0.3 is 5.97 Å². The summed E-state index contributed by atoms with van der Waals surface area (Å²) in [6.45, 7) is -2.44. The topological polar surface area (TPSA) is 116 Å². The van der Waals surface area contributed by atoms with Crippen LogP contribution < -0.4 is 4.74 Å². The molecule has 0 spiro atoms. The lowest BCUT2D eigenvalue weighted by Gasteiger charge is -2.46. The first-order valence-electron chi connectivity index (χ1n) is 12.2. The van der Waals surface area contributed by atoms with E-state index in [1.54, 1.807) is 0 Å². The molecule has 2 aromatic rings. The second-order valence-electron chi connectivity index (χ2n) is 8.60. The van der Waals surface area contributed by atoms with Gasteiger partial charge in [-0.2, -0.15) is 0 Å². The maximum atomic E-state index is 11.6. The van der Waals surface area contributed by atoms with Crippen LogP contribution in [-0.2, 0) is 16.1 Å². The summed E-state index contributed by atoms with van der Waals surface area (Å²) in [6.07, 6.45) is -7.00. The number of likely N-dealkylation sites (N-methyl/N-ethyl adjacent to an activating group) is 1. The Morgan fingerprint density at radius 3 is 2.52 bits per heavy atom. The van der Waals surface area contributed by atoms with E-state index in [1.165, 1.54) is 7.05 Å². The Morgan fingerprint density at radius 1 is 1.09 bits per heavy atom. The van der Waals surface area contributed by atoms with Crippen LogP contribution in [0.3, 0.4) is 0 Å². The lowest BCUT2D eigenvalue weighted by Crippen LogP contribution is -2.68. The van der Waals surface area contributed by atoms with E-state index in [9.17, 15) is 25.2 Å². The minimum absolute atomic E-state index is 0.0813. The van der Waals surface area contributed by atoms with Gasteiger partial charge in [-0.15, -0.1) is 0 Å². The Labute approximate surface area is 196 Å². The predicted octanol–water partition coefficient (Wildman–Crippen LogP) is 1.37. The minimum atomic E-state index is -2.74. The molecule has 8 heteroatoms. The van der Waals surface area contributed by atoms with Gasteiger partial charge in [-0.1, -0.05) is 48.5 Å². The second-order valence-corrected chi connectivity index (χ2v) is 8.60. The number of para-hydroxylation sites is 1. The number of hydrogen-bond donors (Lipinski definition) is 4. The van der Waals surface area contributed by atoms with E-state index in [0.717, 1.165) is 22.3 Å². The molecule has 2 unspecified atom stereocenters. The predicted molar refractivity (Wildman–Crippen MR) is 120 cm³/mol. The van der Waals surface area contributed by atoms with Crippen molar-refractivity contribution >= 4 is 11.5 Å². The van der Waals surface area contributed by atoms with E-state index in [-0.39, 0.29) is 13.0 Å². The van der Waals surface area contributed by atoms with Crippen LogP contribution in [-0.4, -0.2) is 82.1 Å². The van der Waals surface area contributed by atoms with E-state index >= 15 is 0 Å². The van der Waals surface area contributed by atoms with E-state index in [4.69, 9.17) is 13.6 Å². The Kier molecular flexibility index (Phi) is 5.52. The van der Waals surface area contributed by atoms with Crippen LogP contribution in [0.25, 0.3) is 5.57 Å². The number of nitrogens with zero attached hydrogens (tertiary/aromatic N) is 1. The van der Waals surface area contributed by atoms with Crippen LogP contribution in [0.1, 0.15) is 27.2 Å². The normalized spacial score (nSPS) is 31.6. The molecule has 4 rings (SSSR count). The van der Waals surface area contributed by atoms with Crippen molar-refractivity contribution in [1.29, 1.82) is 0 Å². The SMILES string of the molecule is [2H]C([2H])([2H])[N+](C)(CC/C=C1\c2ccccc2COc2ccccc21)[C@@H]1OC(C(=O)O)[C@H](O)[C@H](O)[C@@H]1O. The molecule has 0 bridgehead atoms. The number of quaternary nitrogens is 1. The standard InChI is InChI=1S/C25H29NO7/c1-26(2,24-22(29)20(27)21(28)23(33-24)25(30)31)13-7-11-17-16-9-4-3-8-15(16)14-32-19-12-6-5-10-18(17)19/h3-6,8-12,20-24,27-29H,7,13-14H2,1-2H3/p+1/b17-11+/t20-,21+,22-,23?,24+/m0/s1/i1D3/t20-,21+,22-,23?,24+,26?. The molecular formula is C25H30NO7+. The summed E-state index contributed by atoms with van der Waals surface area (Å²) in [5.74, 6) is -0.871. The highest BCUT2D eigenvalue weighted by atomic mass is 16.6. The van der Waals surface area contributed by atoms with Crippen molar-refractivity contribution in [2.24, 2.45) is 0 Å². The third-order valence-corrected chi connectivity index (χ3v) is 6.20. The van der Waals surface area contributed by atoms with E-state index < -0.39 is 48.1 Å². The summed E-state index contributed by atoms with van der Waals surface area (Å²) in [5.41, 5.74) is 3.63.